The van der Waals surface area contributed by atoms with Gasteiger partial charge in [0.1, 0.15) is 11.6 Å². The van der Waals surface area contributed by atoms with Gasteiger partial charge in [-0.25, -0.2) is 9.97 Å². The number of hydrogen-bond donors (Lipinski definition) is 0. The molecule has 2 aromatic rings. The first-order valence-electron chi connectivity index (χ1n) is 8.16. The zero-order valence-corrected chi connectivity index (χ0v) is 14.1. The second-order valence-corrected chi connectivity index (χ2v) is 6.52. The monoisotopic (exact) mass is 302 g/mol. The van der Waals surface area contributed by atoms with Gasteiger partial charge in [-0.1, -0.05) is 6.92 Å². The molecule has 120 valence electrons. The van der Waals surface area contributed by atoms with Crippen LogP contribution in [0.3, 0.4) is 0 Å². The van der Waals surface area contributed by atoms with Crippen molar-refractivity contribution in [1.29, 1.82) is 0 Å². The summed E-state index contributed by atoms with van der Waals surface area (Å²) in [6.45, 7) is 5.57. The second kappa shape index (κ2) is 6.20. The van der Waals surface area contributed by atoms with E-state index in [0.717, 1.165) is 42.1 Å². The normalized spacial score (nSPS) is 19.2. The molecule has 0 aliphatic carbocycles. The van der Waals surface area contributed by atoms with Crippen LogP contribution in [0, 0.1) is 5.92 Å². The lowest BCUT2D eigenvalue weighted by atomic mass is 10.1. The lowest BCUT2D eigenvalue weighted by Gasteiger charge is -2.23. The fourth-order valence-electron chi connectivity index (χ4n) is 3.33. The topological polar surface area (TPSA) is 50.1 Å². The Labute approximate surface area is 132 Å². The Bertz CT molecular complexity index is 649. The van der Waals surface area contributed by atoms with E-state index in [4.69, 9.17) is 4.98 Å². The van der Waals surface area contributed by atoms with Crippen LogP contribution in [-0.2, 0) is 13.5 Å². The zero-order chi connectivity index (χ0) is 15.7. The second-order valence-electron chi connectivity index (χ2n) is 6.52. The number of fused-ring (bicyclic) bond motifs is 1. The summed E-state index contributed by atoms with van der Waals surface area (Å²) >= 11 is 0. The minimum Gasteiger partial charge on any atom is -0.359 e. The van der Waals surface area contributed by atoms with Crippen molar-refractivity contribution in [2.24, 2.45) is 13.0 Å². The molecule has 22 heavy (non-hydrogen) atoms. The summed E-state index contributed by atoms with van der Waals surface area (Å²) in [6, 6.07) is 0. The summed E-state index contributed by atoms with van der Waals surface area (Å²) in [5.41, 5.74) is 0.934. The number of anilines is 1. The van der Waals surface area contributed by atoms with Crippen molar-refractivity contribution in [2.45, 2.75) is 26.2 Å². The summed E-state index contributed by atoms with van der Waals surface area (Å²) in [5.74, 6) is 2.66. The largest absolute Gasteiger partial charge is 0.359 e. The van der Waals surface area contributed by atoms with Crippen molar-refractivity contribution in [3.63, 3.8) is 0 Å². The molecule has 0 unspecified atom stereocenters. The molecule has 6 heteroatoms. The molecule has 6 nitrogen and oxygen atoms in total. The first-order chi connectivity index (χ1) is 10.6. The van der Waals surface area contributed by atoms with Crippen LogP contribution in [0.4, 0.5) is 5.82 Å². The molecule has 3 rings (SSSR count). The smallest absolute Gasteiger partial charge is 0.163 e. The first-order valence-corrected chi connectivity index (χ1v) is 8.16. The maximum atomic E-state index is 4.81. The number of likely N-dealkylation sites (tertiary alicyclic amines) is 1. The Hall–Kier alpha value is -1.69. The van der Waals surface area contributed by atoms with Gasteiger partial charge in [0.25, 0.3) is 0 Å². The van der Waals surface area contributed by atoms with Crippen LogP contribution in [0.5, 0.6) is 0 Å². The standard InChI is InChI=1S/C16H26N6/c1-5-6-14-18-15(13-9-17-22(4)16(13)19-14)21(3)11-12-7-8-20(2)10-12/h9,12H,5-8,10-11H2,1-4H3/t12-/m1/s1. The van der Waals surface area contributed by atoms with E-state index in [-0.39, 0.29) is 0 Å². The van der Waals surface area contributed by atoms with Gasteiger partial charge >= 0.3 is 0 Å². The molecule has 1 saturated heterocycles. The SMILES string of the molecule is CCCc1nc(N(C)C[C@@H]2CCN(C)C2)c2cnn(C)c2n1. The summed E-state index contributed by atoms with van der Waals surface area (Å²) < 4.78 is 1.84. The van der Waals surface area contributed by atoms with Crippen LogP contribution >= 0.6 is 0 Å². The summed E-state index contributed by atoms with van der Waals surface area (Å²) in [6.07, 6.45) is 5.12. The van der Waals surface area contributed by atoms with E-state index in [9.17, 15) is 0 Å². The maximum Gasteiger partial charge on any atom is 0.163 e. The Balaban J connectivity index is 1.90. The average Bonchev–Trinajstić information content (AvgIpc) is 3.05. The molecule has 0 bridgehead atoms. The van der Waals surface area contributed by atoms with Crippen molar-refractivity contribution in [2.75, 3.05) is 38.6 Å². The van der Waals surface area contributed by atoms with Crippen LogP contribution in [-0.4, -0.2) is 58.4 Å². The highest BCUT2D eigenvalue weighted by Gasteiger charge is 2.23. The Morgan fingerprint density at radius 3 is 2.82 bits per heavy atom. The van der Waals surface area contributed by atoms with Crippen molar-refractivity contribution in [3.8, 4) is 0 Å². The minimum absolute atomic E-state index is 0.714. The van der Waals surface area contributed by atoms with Crippen LogP contribution in [0.15, 0.2) is 6.20 Å². The molecule has 0 aromatic carbocycles. The summed E-state index contributed by atoms with van der Waals surface area (Å²) in [4.78, 5) is 14.2. The number of nitrogens with zero attached hydrogens (tertiary/aromatic N) is 6. The number of aromatic nitrogens is 4. The third-order valence-corrected chi connectivity index (χ3v) is 4.47. The van der Waals surface area contributed by atoms with E-state index in [1.807, 2.05) is 17.9 Å². The van der Waals surface area contributed by atoms with Crippen LogP contribution in [0.1, 0.15) is 25.6 Å². The summed E-state index contributed by atoms with van der Waals surface area (Å²) in [7, 11) is 6.28. The highest BCUT2D eigenvalue weighted by Crippen LogP contribution is 2.25. The number of rotatable bonds is 5. The fraction of sp³-hybridized carbons (Fsp3) is 0.688. The lowest BCUT2D eigenvalue weighted by Crippen LogP contribution is -2.28. The van der Waals surface area contributed by atoms with Gasteiger partial charge in [0.15, 0.2) is 5.65 Å². The lowest BCUT2D eigenvalue weighted by molar-refractivity contribution is 0.395. The molecule has 0 radical (unpaired) electrons. The van der Waals surface area contributed by atoms with Crippen molar-refractivity contribution >= 4 is 16.9 Å². The van der Waals surface area contributed by atoms with Crippen molar-refractivity contribution in [3.05, 3.63) is 12.0 Å². The van der Waals surface area contributed by atoms with Crippen molar-refractivity contribution < 1.29 is 0 Å². The molecular weight excluding hydrogens is 276 g/mol. The maximum absolute atomic E-state index is 4.81. The molecule has 0 N–H and O–H groups in total. The Morgan fingerprint density at radius 1 is 1.32 bits per heavy atom. The molecule has 2 aromatic heterocycles. The molecule has 0 amide bonds. The van der Waals surface area contributed by atoms with E-state index in [2.05, 4.69) is 40.9 Å². The highest BCUT2D eigenvalue weighted by molar-refractivity contribution is 5.86. The first kappa shape index (κ1) is 15.2. The predicted molar refractivity (Wildman–Crippen MR) is 89.2 cm³/mol. The fourth-order valence-corrected chi connectivity index (χ4v) is 3.33. The molecule has 0 saturated carbocycles. The predicted octanol–water partition coefficient (Wildman–Crippen LogP) is 1.70. The molecule has 1 aliphatic heterocycles. The van der Waals surface area contributed by atoms with E-state index < -0.39 is 0 Å². The Kier molecular flexibility index (Phi) is 4.29. The van der Waals surface area contributed by atoms with Crippen molar-refractivity contribution in [1.82, 2.24) is 24.6 Å². The Morgan fingerprint density at radius 2 is 2.14 bits per heavy atom. The molecule has 0 spiro atoms. The molecule has 1 fully saturated rings. The van der Waals surface area contributed by atoms with Crippen LogP contribution in [0.25, 0.3) is 11.0 Å². The van der Waals surface area contributed by atoms with E-state index in [0.29, 0.717) is 5.92 Å². The minimum atomic E-state index is 0.714. The van der Waals surface area contributed by atoms with Gasteiger partial charge < -0.3 is 9.80 Å². The van der Waals surface area contributed by atoms with E-state index in [1.165, 1.54) is 19.5 Å². The third kappa shape index (κ3) is 2.92. The zero-order valence-electron chi connectivity index (χ0n) is 14.1. The van der Waals surface area contributed by atoms with E-state index in [1.54, 1.807) is 0 Å². The summed E-state index contributed by atoms with van der Waals surface area (Å²) in [5, 5.41) is 5.42. The third-order valence-electron chi connectivity index (χ3n) is 4.47. The van der Waals surface area contributed by atoms with Crippen LogP contribution < -0.4 is 4.90 Å². The van der Waals surface area contributed by atoms with E-state index >= 15 is 0 Å². The number of aryl methyl sites for hydroxylation is 2. The van der Waals surface area contributed by atoms with Gasteiger partial charge in [-0.2, -0.15) is 5.10 Å². The average molecular weight is 302 g/mol. The van der Waals surface area contributed by atoms with Gasteiger partial charge in [-0.15, -0.1) is 0 Å². The molecular formula is C16H26N6. The van der Waals surface area contributed by atoms with Gasteiger partial charge in [0.05, 0.1) is 11.6 Å². The van der Waals surface area contributed by atoms with Gasteiger partial charge in [0, 0.05) is 33.6 Å². The highest BCUT2D eigenvalue weighted by atomic mass is 15.3. The molecule has 1 atom stereocenters. The van der Waals surface area contributed by atoms with Gasteiger partial charge in [-0.05, 0) is 32.4 Å². The van der Waals surface area contributed by atoms with Gasteiger partial charge in [-0.3, -0.25) is 4.68 Å². The quantitative estimate of drug-likeness (QED) is 0.841. The van der Waals surface area contributed by atoms with Gasteiger partial charge in [0.2, 0.25) is 0 Å². The number of hydrogen-bond acceptors (Lipinski definition) is 5. The van der Waals surface area contributed by atoms with Crippen LogP contribution in [0.2, 0.25) is 0 Å². The molecule has 1 aliphatic rings. The molecule has 3 heterocycles.